The first kappa shape index (κ1) is 10.2. The second-order valence-corrected chi connectivity index (χ2v) is 3.91. The molecule has 0 aromatic carbocycles. The predicted molar refractivity (Wildman–Crippen MR) is 54.6 cm³/mol. The Morgan fingerprint density at radius 3 is 3.00 bits per heavy atom. The van der Waals surface area contributed by atoms with E-state index in [2.05, 4.69) is 16.8 Å². The summed E-state index contributed by atoms with van der Waals surface area (Å²) in [4.78, 5) is 4.27. The third-order valence-electron chi connectivity index (χ3n) is 1.63. The molecule has 3 heteroatoms. The minimum absolute atomic E-state index is 0.381. The Bertz CT molecular complexity index is 321. The van der Waals surface area contributed by atoms with Gasteiger partial charge >= 0.3 is 0 Å². The van der Waals surface area contributed by atoms with Crippen LogP contribution in [0.3, 0.4) is 0 Å². The van der Waals surface area contributed by atoms with Crippen molar-refractivity contribution in [3.05, 3.63) is 16.1 Å². The van der Waals surface area contributed by atoms with Crippen LogP contribution in [0.2, 0.25) is 0 Å². The summed E-state index contributed by atoms with van der Waals surface area (Å²) in [6.45, 7) is 3.74. The fraction of sp³-hybridized carbons (Fsp3) is 0.500. The lowest BCUT2D eigenvalue weighted by atomic mass is 10.1. The van der Waals surface area contributed by atoms with Gasteiger partial charge in [0.2, 0.25) is 0 Å². The second-order valence-electron chi connectivity index (χ2n) is 2.85. The number of hydrogen-bond acceptors (Lipinski definition) is 3. The highest BCUT2D eigenvalue weighted by atomic mass is 32.1. The van der Waals surface area contributed by atoms with Crippen LogP contribution in [0.25, 0.3) is 0 Å². The second kappa shape index (κ2) is 5.00. The van der Waals surface area contributed by atoms with Crippen LogP contribution >= 0.6 is 11.3 Å². The Morgan fingerprint density at radius 1 is 1.69 bits per heavy atom. The van der Waals surface area contributed by atoms with Crippen molar-refractivity contribution in [3.8, 4) is 11.8 Å². The molecular weight excluding hydrogens is 182 g/mol. The van der Waals surface area contributed by atoms with Crippen LogP contribution in [0, 0.1) is 18.8 Å². The zero-order valence-corrected chi connectivity index (χ0v) is 8.69. The molecule has 1 N–H and O–H groups in total. The molecule has 0 aliphatic carbocycles. The first-order valence-corrected chi connectivity index (χ1v) is 5.09. The lowest BCUT2D eigenvalue weighted by Crippen LogP contribution is -2.09. The molecule has 0 spiro atoms. The molecule has 1 rings (SSSR count). The molecule has 13 heavy (non-hydrogen) atoms. The molecule has 0 aliphatic heterocycles. The van der Waals surface area contributed by atoms with Crippen molar-refractivity contribution in [2.75, 3.05) is 0 Å². The van der Waals surface area contributed by atoms with Crippen LogP contribution in [-0.2, 0) is 6.42 Å². The van der Waals surface area contributed by atoms with Crippen molar-refractivity contribution < 1.29 is 5.11 Å². The number of aryl methyl sites for hydroxylation is 1. The zero-order chi connectivity index (χ0) is 9.68. The number of aromatic nitrogens is 1. The zero-order valence-electron chi connectivity index (χ0n) is 7.87. The highest BCUT2D eigenvalue weighted by molar-refractivity contribution is 7.09. The average molecular weight is 195 g/mol. The van der Waals surface area contributed by atoms with Gasteiger partial charge in [-0.1, -0.05) is 0 Å². The summed E-state index contributed by atoms with van der Waals surface area (Å²) < 4.78 is 0. The number of aliphatic hydroxyl groups is 1. The quantitative estimate of drug-likeness (QED) is 0.746. The normalized spacial score (nSPS) is 11.9. The van der Waals surface area contributed by atoms with E-state index in [4.69, 9.17) is 0 Å². The van der Waals surface area contributed by atoms with Gasteiger partial charge in [-0.25, -0.2) is 4.98 Å². The smallest absolute Gasteiger partial charge is 0.0897 e. The van der Waals surface area contributed by atoms with Crippen molar-refractivity contribution in [3.63, 3.8) is 0 Å². The molecule has 0 saturated carbocycles. The molecule has 0 amide bonds. The van der Waals surface area contributed by atoms with Gasteiger partial charge in [0.1, 0.15) is 0 Å². The Labute approximate surface area is 82.6 Å². The minimum Gasteiger partial charge on any atom is -0.392 e. The summed E-state index contributed by atoms with van der Waals surface area (Å²) in [6.07, 6.45) is 0.764. The van der Waals surface area contributed by atoms with E-state index >= 15 is 0 Å². The van der Waals surface area contributed by atoms with E-state index in [9.17, 15) is 5.11 Å². The molecule has 2 nitrogen and oxygen atoms in total. The molecule has 0 aliphatic rings. The van der Waals surface area contributed by atoms with Crippen molar-refractivity contribution in [1.29, 1.82) is 0 Å². The topological polar surface area (TPSA) is 33.1 Å². The number of aliphatic hydroxyl groups excluding tert-OH is 1. The number of rotatable bonds is 3. The molecule has 0 bridgehead atoms. The molecule has 1 aromatic rings. The fourth-order valence-electron chi connectivity index (χ4n) is 1.04. The first-order chi connectivity index (χ1) is 6.22. The Hall–Kier alpha value is -0.850. The predicted octanol–water partition coefficient (Wildman–Crippen LogP) is 1.77. The maximum absolute atomic E-state index is 9.51. The maximum Gasteiger partial charge on any atom is 0.0897 e. The van der Waals surface area contributed by atoms with Crippen LogP contribution in [0.1, 0.15) is 24.0 Å². The summed E-state index contributed by atoms with van der Waals surface area (Å²) in [5.74, 6) is 5.61. The molecule has 1 aromatic heterocycles. The summed E-state index contributed by atoms with van der Waals surface area (Å²) in [7, 11) is 0. The monoisotopic (exact) mass is 195 g/mol. The van der Waals surface area contributed by atoms with Crippen LogP contribution < -0.4 is 0 Å². The van der Waals surface area contributed by atoms with Crippen LogP contribution in [0.4, 0.5) is 0 Å². The van der Waals surface area contributed by atoms with Gasteiger partial charge in [-0.15, -0.1) is 23.2 Å². The van der Waals surface area contributed by atoms with E-state index < -0.39 is 0 Å². The molecule has 0 radical (unpaired) electrons. The third-order valence-corrected chi connectivity index (χ3v) is 2.45. The van der Waals surface area contributed by atoms with E-state index in [1.165, 1.54) is 0 Å². The van der Waals surface area contributed by atoms with Crippen LogP contribution in [0.15, 0.2) is 5.38 Å². The summed E-state index contributed by atoms with van der Waals surface area (Å²) in [5, 5.41) is 12.5. The van der Waals surface area contributed by atoms with Crippen LogP contribution in [-0.4, -0.2) is 16.2 Å². The molecule has 1 atom stereocenters. The Balaban J connectivity index is 2.43. The third kappa shape index (κ3) is 3.58. The molecular formula is C10H13NOS. The standard InChI is InChI=1S/C10H13NOS/c1-3-4-5-10(12)6-9-7-13-8(2)11-9/h7,10,12H,5-6H2,1-2H3. The average Bonchev–Trinajstić information content (AvgIpc) is 2.48. The Kier molecular flexibility index (Phi) is 3.94. The van der Waals surface area contributed by atoms with Gasteiger partial charge in [-0.3, -0.25) is 0 Å². The number of thiazole rings is 1. The van der Waals surface area contributed by atoms with Gasteiger partial charge in [0.05, 0.1) is 16.8 Å². The van der Waals surface area contributed by atoms with Crippen molar-refractivity contribution in [1.82, 2.24) is 4.98 Å². The van der Waals surface area contributed by atoms with Gasteiger partial charge < -0.3 is 5.11 Å². The molecule has 0 fully saturated rings. The van der Waals surface area contributed by atoms with Crippen molar-refractivity contribution in [2.24, 2.45) is 0 Å². The highest BCUT2D eigenvalue weighted by Crippen LogP contribution is 2.10. The fourth-order valence-corrected chi connectivity index (χ4v) is 1.66. The van der Waals surface area contributed by atoms with E-state index in [0.717, 1.165) is 10.7 Å². The largest absolute Gasteiger partial charge is 0.392 e. The minimum atomic E-state index is -0.381. The van der Waals surface area contributed by atoms with Gasteiger partial charge in [0.25, 0.3) is 0 Å². The van der Waals surface area contributed by atoms with E-state index in [-0.39, 0.29) is 6.10 Å². The van der Waals surface area contributed by atoms with Crippen molar-refractivity contribution in [2.45, 2.75) is 32.8 Å². The summed E-state index contributed by atoms with van der Waals surface area (Å²) in [5.41, 5.74) is 0.966. The number of nitrogens with zero attached hydrogens (tertiary/aromatic N) is 1. The summed E-state index contributed by atoms with van der Waals surface area (Å²) >= 11 is 1.61. The Morgan fingerprint density at radius 2 is 2.46 bits per heavy atom. The number of hydrogen-bond donors (Lipinski definition) is 1. The van der Waals surface area contributed by atoms with Crippen LogP contribution in [0.5, 0.6) is 0 Å². The first-order valence-electron chi connectivity index (χ1n) is 4.21. The lowest BCUT2D eigenvalue weighted by molar-refractivity contribution is 0.179. The SMILES string of the molecule is CC#CCC(O)Cc1csc(C)n1. The van der Waals surface area contributed by atoms with Gasteiger partial charge in [-0.2, -0.15) is 0 Å². The molecule has 1 unspecified atom stereocenters. The van der Waals surface area contributed by atoms with Gasteiger partial charge in [0, 0.05) is 18.2 Å². The van der Waals surface area contributed by atoms with E-state index in [1.807, 2.05) is 12.3 Å². The van der Waals surface area contributed by atoms with Gasteiger partial charge in [-0.05, 0) is 13.8 Å². The van der Waals surface area contributed by atoms with E-state index in [1.54, 1.807) is 18.3 Å². The van der Waals surface area contributed by atoms with Crippen molar-refractivity contribution >= 4 is 11.3 Å². The maximum atomic E-state index is 9.51. The lowest BCUT2D eigenvalue weighted by Gasteiger charge is -2.02. The van der Waals surface area contributed by atoms with Gasteiger partial charge in [0.15, 0.2) is 0 Å². The molecule has 1 heterocycles. The summed E-state index contributed by atoms with van der Waals surface area (Å²) in [6, 6.07) is 0. The molecule has 70 valence electrons. The highest BCUT2D eigenvalue weighted by Gasteiger charge is 2.05. The molecule has 0 saturated heterocycles. The van der Waals surface area contributed by atoms with E-state index in [0.29, 0.717) is 12.8 Å².